The highest BCUT2D eigenvalue weighted by Crippen LogP contribution is 2.38. The zero-order valence-corrected chi connectivity index (χ0v) is 19.0. The van der Waals surface area contributed by atoms with Crippen LogP contribution in [0.4, 0.5) is 5.95 Å². The van der Waals surface area contributed by atoms with E-state index in [-0.39, 0.29) is 11.9 Å². The molecule has 1 amide bonds. The van der Waals surface area contributed by atoms with Crippen molar-refractivity contribution in [3.63, 3.8) is 0 Å². The average Bonchev–Trinajstić information content (AvgIpc) is 3.40. The van der Waals surface area contributed by atoms with Gasteiger partial charge in [-0.1, -0.05) is 30.7 Å². The molecule has 0 unspecified atom stereocenters. The van der Waals surface area contributed by atoms with Crippen LogP contribution in [0.1, 0.15) is 53.6 Å². The highest BCUT2D eigenvalue weighted by molar-refractivity contribution is 6.30. The van der Waals surface area contributed by atoms with E-state index in [1.165, 1.54) is 0 Å². The first-order valence-electron chi connectivity index (χ1n) is 10.5. The summed E-state index contributed by atoms with van der Waals surface area (Å²) in [7, 11) is 3.81. The lowest BCUT2D eigenvalue weighted by molar-refractivity contribution is 0.0698. The number of anilines is 1. The second-order valence-corrected chi connectivity index (χ2v) is 8.34. The van der Waals surface area contributed by atoms with Gasteiger partial charge in [0.15, 0.2) is 5.89 Å². The summed E-state index contributed by atoms with van der Waals surface area (Å²) in [5.74, 6) is 1.37. The van der Waals surface area contributed by atoms with E-state index in [1.807, 2.05) is 68.2 Å². The van der Waals surface area contributed by atoms with Gasteiger partial charge in [0.05, 0.1) is 17.4 Å². The third kappa shape index (κ3) is 4.14. The summed E-state index contributed by atoms with van der Waals surface area (Å²) in [6, 6.07) is 7.43. The van der Waals surface area contributed by atoms with Crippen LogP contribution in [0.15, 0.2) is 34.9 Å². The standard InChI is InChI=1S/C23H26ClN5O2/c1-5-19-26-14(2)21(31-19)22(30)29-12-6-7-18(29)20-17(13-25-23(27-20)28(3)4)15-8-10-16(24)11-9-15/h8-11,13,18H,5-7,12H2,1-4H3/t18-/m0/s1. The first-order valence-corrected chi connectivity index (χ1v) is 10.8. The normalized spacial score (nSPS) is 16.0. The zero-order valence-electron chi connectivity index (χ0n) is 18.2. The maximum absolute atomic E-state index is 13.4. The molecule has 4 rings (SSSR count). The number of oxazole rings is 1. The lowest BCUT2D eigenvalue weighted by atomic mass is 9.99. The van der Waals surface area contributed by atoms with Crippen LogP contribution in [0.2, 0.25) is 5.02 Å². The van der Waals surface area contributed by atoms with Crippen LogP contribution in [0.5, 0.6) is 0 Å². The van der Waals surface area contributed by atoms with Gasteiger partial charge in [-0.25, -0.2) is 15.0 Å². The van der Waals surface area contributed by atoms with Crippen molar-refractivity contribution in [1.82, 2.24) is 19.9 Å². The number of nitrogens with zero attached hydrogens (tertiary/aromatic N) is 5. The molecule has 1 aliphatic rings. The molecule has 3 aromatic rings. The van der Waals surface area contributed by atoms with E-state index in [0.29, 0.717) is 41.3 Å². The lowest BCUT2D eigenvalue weighted by Gasteiger charge is -2.26. The molecule has 1 atom stereocenters. The molecule has 3 heterocycles. The number of halogens is 1. The number of rotatable bonds is 5. The van der Waals surface area contributed by atoms with Gasteiger partial charge in [-0.3, -0.25) is 4.79 Å². The van der Waals surface area contributed by atoms with Crippen LogP contribution in [0.25, 0.3) is 11.1 Å². The van der Waals surface area contributed by atoms with Gasteiger partial charge in [0.25, 0.3) is 5.91 Å². The molecule has 0 aliphatic carbocycles. The molecule has 0 saturated carbocycles. The number of carbonyl (C=O) groups excluding carboxylic acids is 1. The van der Waals surface area contributed by atoms with Crippen LogP contribution in [-0.4, -0.2) is 46.4 Å². The number of amides is 1. The monoisotopic (exact) mass is 439 g/mol. The maximum Gasteiger partial charge on any atom is 0.292 e. The number of hydrogen-bond donors (Lipinski definition) is 0. The Kier molecular flexibility index (Phi) is 5.96. The smallest absolute Gasteiger partial charge is 0.292 e. The van der Waals surface area contributed by atoms with Crippen molar-refractivity contribution in [1.29, 1.82) is 0 Å². The zero-order chi connectivity index (χ0) is 22.1. The number of aromatic nitrogens is 3. The Labute approximate surface area is 187 Å². The summed E-state index contributed by atoms with van der Waals surface area (Å²) in [6.45, 7) is 4.42. The lowest BCUT2D eigenvalue weighted by Crippen LogP contribution is -2.32. The first kappa shape index (κ1) is 21.3. The summed E-state index contributed by atoms with van der Waals surface area (Å²) in [4.78, 5) is 30.9. The molecule has 0 spiro atoms. The highest BCUT2D eigenvalue weighted by atomic mass is 35.5. The number of hydrogen-bond acceptors (Lipinski definition) is 6. The Morgan fingerprint density at radius 1 is 1.26 bits per heavy atom. The number of benzene rings is 1. The molecule has 0 N–H and O–H groups in total. The Hall–Kier alpha value is -2.93. The van der Waals surface area contributed by atoms with E-state index in [4.69, 9.17) is 21.0 Å². The number of aryl methyl sites for hydroxylation is 2. The molecular weight excluding hydrogens is 414 g/mol. The minimum absolute atomic E-state index is 0.140. The minimum atomic E-state index is -0.172. The van der Waals surface area contributed by atoms with Gasteiger partial charge in [-0.2, -0.15) is 0 Å². The minimum Gasteiger partial charge on any atom is -0.435 e. The van der Waals surface area contributed by atoms with Crippen LogP contribution < -0.4 is 4.90 Å². The molecule has 2 aromatic heterocycles. The summed E-state index contributed by atoms with van der Waals surface area (Å²) in [5, 5.41) is 0.668. The topological polar surface area (TPSA) is 75.4 Å². The molecule has 1 fully saturated rings. The van der Waals surface area contributed by atoms with Crippen molar-refractivity contribution >= 4 is 23.5 Å². The van der Waals surface area contributed by atoms with Gasteiger partial charge >= 0.3 is 0 Å². The Balaban J connectivity index is 1.77. The van der Waals surface area contributed by atoms with Gasteiger partial charge in [-0.15, -0.1) is 0 Å². The molecule has 1 aliphatic heterocycles. The fourth-order valence-corrected chi connectivity index (χ4v) is 4.06. The second-order valence-electron chi connectivity index (χ2n) is 7.90. The van der Waals surface area contributed by atoms with Crippen LogP contribution in [0.3, 0.4) is 0 Å². The van der Waals surface area contributed by atoms with E-state index in [9.17, 15) is 4.79 Å². The van der Waals surface area contributed by atoms with Crippen LogP contribution in [-0.2, 0) is 6.42 Å². The highest BCUT2D eigenvalue weighted by Gasteiger charge is 2.36. The quantitative estimate of drug-likeness (QED) is 0.573. The van der Waals surface area contributed by atoms with Gasteiger partial charge in [0.1, 0.15) is 0 Å². The van der Waals surface area contributed by atoms with Crippen molar-refractivity contribution in [2.75, 3.05) is 25.5 Å². The summed E-state index contributed by atoms with van der Waals surface area (Å²) < 4.78 is 5.75. The predicted molar refractivity (Wildman–Crippen MR) is 120 cm³/mol. The molecule has 8 heteroatoms. The van der Waals surface area contributed by atoms with Crippen molar-refractivity contribution in [2.45, 2.75) is 39.2 Å². The van der Waals surface area contributed by atoms with E-state index >= 15 is 0 Å². The molecule has 31 heavy (non-hydrogen) atoms. The molecule has 162 valence electrons. The second kappa shape index (κ2) is 8.67. The predicted octanol–water partition coefficient (Wildman–Crippen LogP) is 4.70. The SMILES string of the molecule is CCc1nc(C)c(C(=O)N2CCC[C@H]2c2nc(N(C)C)ncc2-c2ccc(Cl)cc2)o1. The van der Waals surface area contributed by atoms with Gasteiger partial charge < -0.3 is 14.2 Å². The van der Waals surface area contributed by atoms with E-state index in [2.05, 4.69) is 9.97 Å². The Morgan fingerprint density at radius 3 is 2.65 bits per heavy atom. The summed E-state index contributed by atoms with van der Waals surface area (Å²) >= 11 is 6.09. The van der Waals surface area contributed by atoms with E-state index in [1.54, 1.807) is 0 Å². The van der Waals surface area contributed by atoms with Crippen LogP contribution >= 0.6 is 11.6 Å². The van der Waals surface area contributed by atoms with Gasteiger partial charge in [0, 0.05) is 43.8 Å². The van der Waals surface area contributed by atoms with Gasteiger partial charge in [0.2, 0.25) is 11.7 Å². The molecular formula is C23H26ClN5O2. The average molecular weight is 440 g/mol. The van der Waals surface area contributed by atoms with Crippen LogP contribution in [0, 0.1) is 6.92 Å². The fraction of sp³-hybridized carbons (Fsp3) is 0.391. The Bertz CT molecular complexity index is 1090. The van der Waals surface area contributed by atoms with Crippen molar-refractivity contribution in [2.24, 2.45) is 0 Å². The third-order valence-corrected chi connectivity index (χ3v) is 5.78. The maximum atomic E-state index is 13.4. The van der Waals surface area contributed by atoms with Crippen molar-refractivity contribution < 1.29 is 9.21 Å². The molecule has 1 aromatic carbocycles. The molecule has 0 radical (unpaired) electrons. The largest absolute Gasteiger partial charge is 0.435 e. The van der Waals surface area contributed by atoms with E-state index < -0.39 is 0 Å². The summed E-state index contributed by atoms with van der Waals surface area (Å²) in [5.41, 5.74) is 3.32. The first-order chi connectivity index (χ1) is 14.9. The Morgan fingerprint density at radius 2 is 2.00 bits per heavy atom. The van der Waals surface area contributed by atoms with Gasteiger partial charge in [-0.05, 0) is 37.5 Å². The van der Waals surface area contributed by atoms with E-state index in [0.717, 1.165) is 29.7 Å². The third-order valence-electron chi connectivity index (χ3n) is 5.53. The summed E-state index contributed by atoms with van der Waals surface area (Å²) in [6.07, 6.45) is 4.20. The fourth-order valence-electron chi connectivity index (χ4n) is 3.93. The number of carbonyl (C=O) groups is 1. The number of likely N-dealkylation sites (tertiary alicyclic amines) is 1. The molecule has 1 saturated heterocycles. The van der Waals surface area contributed by atoms with Crippen molar-refractivity contribution in [3.05, 3.63) is 58.5 Å². The van der Waals surface area contributed by atoms with Crippen molar-refractivity contribution in [3.8, 4) is 11.1 Å². The molecule has 7 nitrogen and oxygen atoms in total. The molecule has 0 bridgehead atoms.